The molecule has 3 rings (SSSR count). The van der Waals surface area contributed by atoms with Crippen LogP contribution in [0.4, 0.5) is 10.1 Å². The van der Waals surface area contributed by atoms with Crippen LogP contribution < -0.4 is 5.32 Å². The van der Waals surface area contributed by atoms with Gasteiger partial charge in [0.15, 0.2) is 0 Å². The quantitative estimate of drug-likeness (QED) is 0.793. The van der Waals surface area contributed by atoms with Gasteiger partial charge in [0.2, 0.25) is 11.7 Å². The second-order valence-corrected chi connectivity index (χ2v) is 5.95. The lowest BCUT2D eigenvalue weighted by Crippen LogP contribution is -2.21. The summed E-state index contributed by atoms with van der Waals surface area (Å²) in [5.74, 6) is -0.557. The number of anilines is 1. The number of rotatable bonds is 4. The fraction of sp³-hybridized carbons (Fsp3) is 0.222. The maximum absolute atomic E-state index is 13.8. The highest BCUT2D eigenvalue weighted by Crippen LogP contribution is 2.22. The summed E-state index contributed by atoms with van der Waals surface area (Å²) in [7, 11) is 0. The molecule has 1 N–H and O–H groups in total. The number of aryl methyl sites for hydroxylation is 3. The number of tetrazole rings is 1. The van der Waals surface area contributed by atoms with E-state index in [1.807, 2.05) is 32.9 Å². The number of nitrogens with one attached hydrogen (secondary N) is 1. The number of carbonyl (C=O) groups is 1. The molecule has 3 aromatic rings. The molecule has 0 fully saturated rings. The van der Waals surface area contributed by atoms with Crippen LogP contribution in [-0.4, -0.2) is 26.1 Å². The minimum atomic E-state index is -0.433. The van der Waals surface area contributed by atoms with E-state index in [4.69, 9.17) is 0 Å². The molecule has 2 aromatic carbocycles. The molecule has 0 bridgehead atoms. The zero-order valence-corrected chi connectivity index (χ0v) is 14.2. The highest BCUT2D eigenvalue weighted by Gasteiger charge is 2.13. The summed E-state index contributed by atoms with van der Waals surface area (Å²) in [4.78, 5) is 13.4. The minimum Gasteiger partial charge on any atom is -0.324 e. The first kappa shape index (κ1) is 16.8. The molecule has 1 amide bonds. The van der Waals surface area contributed by atoms with Crippen molar-refractivity contribution in [2.45, 2.75) is 27.3 Å². The molecule has 25 heavy (non-hydrogen) atoms. The molecule has 0 aliphatic heterocycles. The Morgan fingerprint density at radius 2 is 1.84 bits per heavy atom. The molecule has 0 saturated heterocycles. The Labute approximate surface area is 144 Å². The van der Waals surface area contributed by atoms with Crippen LogP contribution in [0.3, 0.4) is 0 Å². The van der Waals surface area contributed by atoms with Crippen molar-refractivity contribution in [1.29, 1.82) is 0 Å². The van der Waals surface area contributed by atoms with Crippen molar-refractivity contribution >= 4 is 11.6 Å². The van der Waals surface area contributed by atoms with Gasteiger partial charge < -0.3 is 5.32 Å². The van der Waals surface area contributed by atoms with E-state index in [0.717, 1.165) is 27.2 Å². The van der Waals surface area contributed by atoms with E-state index >= 15 is 0 Å². The number of benzene rings is 2. The van der Waals surface area contributed by atoms with E-state index < -0.39 is 5.82 Å². The fourth-order valence-corrected chi connectivity index (χ4v) is 2.75. The highest BCUT2D eigenvalue weighted by molar-refractivity contribution is 5.92. The maximum Gasteiger partial charge on any atom is 0.248 e. The van der Waals surface area contributed by atoms with E-state index in [-0.39, 0.29) is 23.8 Å². The molecule has 0 unspecified atom stereocenters. The van der Waals surface area contributed by atoms with Crippen molar-refractivity contribution in [3.8, 4) is 11.4 Å². The molecular formula is C18H18FN5O. The number of hydrogen-bond donors (Lipinski definition) is 1. The van der Waals surface area contributed by atoms with E-state index in [1.54, 1.807) is 18.2 Å². The van der Waals surface area contributed by atoms with Gasteiger partial charge in [0.25, 0.3) is 0 Å². The third kappa shape index (κ3) is 3.71. The van der Waals surface area contributed by atoms with Gasteiger partial charge in [-0.3, -0.25) is 4.79 Å². The summed E-state index contributed by atoms with van der Waals surface area (Å²) in [6.45, 7) is 5.79. The third-order valence-corrected chi connectivity index (χ3v) is 3.79. The summed E-state index contributed by atoms with van der Waals surface area (Å²) in [5.41, 5.74) is 4.15. The molecule has 0 aliphatic carbocycles. The van der Waals surface area contributed by atoms with Gasteiger partial charge in [-0.05, 0) is 49.2 Å². The Balaban J connectivity index is 1.74. The predicted molar refractivity (Wildman–Crippen MR) is 92.5 cm³/mol. The number of amides is 1. The van der Waals surface area contributed by atoms with E-state index in [1.165, 1.54) is 6.07 Å². The second kappa shape index (κ2) is 6.80. The third-order valence-electron chi connectivity index (χ3n) is 3.79. The van der Waals surface area contributed by atoms with Gasteiger partial charge in [-0.1, -0.05) is 29.8 Å². The van der Waals surface area contributed by atoms with Crippen LogP contribution in [0.25, 0.3) is 11.4 Å². The molecule has 1 aromatic heterocycles. The average Bonchev–Trinajstić information content (AvgIpc) is 2.99. The second-order valence-electron chi connectivity index (χ2n) is 5.95. The number of carbonyl (C=O) groups excluding carboxylic acids is 1. The van der Waals surface area contributed by atoms with Crippen molar-refractivity contribution in [2.24, 2.45) is 0 Å². The van der Waals surface area contributed by atoms with Gasteiger partial charge in [-0.15, -0.1) is 10.2 Å². The van der Waals surface area contributed by atoms with Crippen LogP contribution in [0.5, 0.6) is 0 Å². The van der Waals surface area contributed by atoms with Gasteiger partial charge in [0, 0.05) is 5.69 Å². The summed E-state index contributed by atoms with van der Waals surface area (Å²) in [5, 5.41) is 14.6. The molecule has 0 saturated carbocycles. The van der Waals surface area contributed by atoms with Crippen LogP contribution in [0.2, 0.25) is 0 Å². The number of hydrogen-bond acceptors (Lipinski definition) is 4. The Kier molecular flexibility index (Phi) is 4.56. The van der Waals surface area contributed by atoms with Crippen molar-refractivity contribution in [3.63, 3.8) is 0 Å². The molecule has 0 radical (unpaired) electrons. The van der Waals surface area contributed by atoms with Gasteiger partial charge in [-0.25, -0.2) is 4.39 Å². The van der Waals surface area contributed by atoms with Crippen LogP contribution in [0.1, 0.15) is 16.7 Å². The highest BCUT2D eigenvalue weighted by atomic mass is 19.1. The minimum absolute atomic E-state index is 0.103. The normalized spacial score (nSPS) is 10.7. The molecule has 0 atom stereocenters. The Morgan fingerprint density at radius 1 is 1.16 bits per heavy atom. The Morgan fingerprint density at radius 3 is 2.52 bits per heavy atom. The van der Waals surface area contributed by atoms with Crippen molar-refractivity contribution in [3.05, 3.63) is 58.9 Å². The molecule has 7 heteroatoms. The van der Waals surface area contributed by atoms with E-state index in [9.17, 15) is 9.18 Å². The maximum atomic E-state index is 13.8. The standard InChI is InChI=1S/C18H18FN5O/c1-11-8-12(2)17(13(3)9-11)20-16(25)10-24-22-18(21-23-24)14-6-4-5-7-15(14)19/h4-9H,10H2,1-3H3,(H,20,25). The molecule has 0 spiro atoms. The van der Waals surface area contributed by atoms with Crippen molar-refractivity contribution in [2.75, 3.05) is 5.32 Å². The lowest BCUT2D eigenvalue weighted by Gasteiger charge is -2.12. The zero-order chi connectivity index (χ0) is 18.0. The van der Waals surface area contributed by atoms with E-state index in [0.29, 0.717) is 0 Å². The molecular weight excluding hydrogens is 321 g/mol. The van der Waals surface area contributed by atoms with Gasteiger partial charge in [0.1, 0.15) is 12.4 Å². The van der Waals surface area contributed by atoms with Crippen molar-refractivity contribution in [1.82, 2.24) is 20.2 Å². The van der Waals surface area contributed by atoms with Crippen molar-refractivity contribution < 1.29 is 9.18 Å². The van der Waals surface area contributed by atoms with Crippen LogP contribution in [-0.2, 0) is 11.3 Å². The number of nitrogens with zero attached hydrogens (tertiary/aromatic N) is 4. The first-order chi connectivity index (χ1) is 11.9. The van der Waals surface area contributed by atoms with Crippen LogP contribution in [0.15, 0.2) is 36.4 Å². The summed E-state index contributed by atoms with van der Waals surface area (Å²) in [6, 6.07) is 10.2. The molecule has 1 heterocycles. The lowest BCUT2D eigenvalue weighted by molar-refractivity contribution is -0.117. The van der Waals surface area contributed by atoms with E-state index in [2.05, 4.69) is 20.7 Å². The first-order valence-electron chi connectivity index (χ1n) is 7.84. The first-order valence-corrected chi connectivity index (χ1v) is 7.84. The smallest absolute Gasteiger partial charge is 0.248 e. The zero-order valence-electron chi connectivity index (χ0n) is 14.2. The lowest BCUT2D eigenvalue weighted by atomic mass is 10.1. The van der Waals surface area contributed by atoms with Gasteiger partial charge in [-0.2, -0.15) is 4.80 Å². The summed E-state index contributed by atoms with van der Waals surface area (Å²) >= 11 is 0. The predicted octanol–water partition coefficient (Wildman–Crippen LogP) is 3.04. The molecule has 0 aliphatic rings. The molecule has 128 valence electrons. The monoisotopic (exact) mass is 339 g/mol. The topological polar surface area (TPSA) is 72.7 Å². The molecule has 6 nitrogen and oxygen atoms in total. The SMILES string of the molecule is Cc1cc(C)c(NC(=O)Cn2nnc(-c3ccccc3F)n2)c(C)c1. The largest absolute Gasteiger partial charge is 0.324 e. The Bertz CT molecular complexity index is 912. The number of halogens is 1. The van der Waals surface area contributed by atoms with Crippen LogP contribution >= 0.6 is 0 Å². The number of aromatic nitrogens is 4. The Hall–Kier alpha value is -3.09. The van der Waals surface area contributed by atoms with Crippen LogP contribution in [0, 0.1) is 26.6 Å². The van der Waals surface area contributed by atoms with Gasteiger partial charge >= 0.3 is 0 Å². The van der Waals surface area contributed by atoms with Gasteiger partial charge in [0.05, 0.1) is 5.56 Å². The summed E-state index contributed by atoms with van der Waals surface area (Å²) < 4.78 is 13.8. The average molecular weight is 339 g/mol. The summed E-state index contributed by atoms with van der Waals surface area (Å²) in [6.07, 6.45) is 0. The fourth-order valence-electron chi connectivity index (χ4n) is 2.75.